The SMILES string of the molecule is COc1ccc(CC(C)(C)Nc2ncnc3c2cnn3C)cc1. The van der Waals surface area contributed by atoms with Crippen LogP contribution in [0.3, 0.4) is 0 Å². The second-order valence-corrected chi connectivity index (χ2v) is 6.26. The molecule has 0 unspecified atom stereocenters. The first kappa shape index (κ1) is 15.3. The maximum Gasteiger partial charge on any atom is 0.163 e. The molecule has 0 saturated heterocycles. The number of aryl methyl sites for hydroxylation is 1. The smallest absolute Gasteiger partial charge is 0.163 e. The molecule has 0 fully saturated rings. The fraction of sp³-hybridized carbons (Fsp3) is 0.353. The van der Waals surface area contributed by atoms with Gasteiger partial charge in [-0.05, 0) is 38.0 Å². The first-order valence-corrected chi connectivity index (χ1v) is 7.52. The van der Waals surface area contributed by atoms with E-state index in [-0.39, 0.29) is 5.54 Å². The van der Waals surface area contributed by atoms with E-state index in [1.165, 1.54) is 5.56 Å². The topological polar surface area (TPSA) is 64.9 Å². The van der Waals surface area contributed by atoms with Crippen LogP contribution in [0, 0.1) is 0 Å². The Bertz CT molecular complexity index is 807. The van der Waals surface area contributed by atoms with E-state index in [2.05, 4.69) is 46.4 Å². The number of hydrogen-bond acceptors (Lipinski definition) is 5. The van der Waals surface area contributed by atoms with Gasteiger partial charge in [-0.3, -0.25) is 4.68 Å². The summed E-state index contributed by atoms with van der Waals surface area (Å²) in [4.78, 5) is 8.65. The lowest BCUT2D eigenvalue weighted by atomic mass is 9.94. The highest BCUT2D eigenvalue weighted by molar-refractivity contribution is 5.86. The van der Waals surface area contributed by atoms with E-state index in [1.54, 1.807) is 24.3 Å². The van der Waals surface area contributed by atoms with E-state index >= 15 is 0 Å². The van der Waals surface area contributed by atoms with Crippen molar-refractivity contribution in [3.05, 3.63) is 42.4 Å². The molecule has 6 heteroatoms. The molecule has 0 aliphatic carbocycles. The van der Waals surface area contributed by atoms with Crippen molar-refractivity contribution in [3.63, 3.8) is 0 Å². The second kappa shape index (κ2) is 5.87. The molecule has 23 heavy (non-hydrogen) atoms. The predicted octanol–water partition coefficient (Wildman–Crippen LogP) is 2.81. The van der Waals surface area contributed by atoms with Gasteiger partial charge < -0.3 is 10.1 Å². The predicted molar refractivity (Wildman–Crippen MR) is 90.7 cm³/mol. The van der Waals surface area contributed by atoms with E-state index in [9.17, 15) is 0 Å². The summed E-state index contributed by atoms with van der Waals surface area (Å²) in [5.41, 5.74) is 1.90. The molecule has 0 aliphatic heterocycles. The highest BCUT2D eigenvalue weighted by Crippen LogP contribution is 2.24. The molecule has 6 nitrogen and oxygen atoms in total. The summed E-state index contributed by atoms with van der Waals surface area (Å²) >= 11 is 0. The molecule has 0 radical (unpaired) electrons. The molecule has 1 N–H and O–H groups in total. The van der Waals surface area contributed by atoms with Gasteiger partial charge in [0.15, 0.2) is 5.65 Å². The number of nitrogens with zero attached hydrogens (tertiary/aromatic N) is 4. The second-order valence-electron chi connectivity index (χ2n) is 6.26. The molecular formula is C17H21N5O. The minimum Gasteiger partial charge on any atom is -0.497 e. The van der Waals surface area contributed by atoms with Gasteiger partial charge in [0.1, 0.15) is 17.9 Å². The number of rotatable bonds is 5. The summed E-state index contributed by atoms with van der Waals surface area (Å²) in [6.45, 7) is 4.31. The van der Waals surface area contributed by atoms with Crippen LogP contribution in [0.4, 0.5) is 5.82 Å². The van der Waals surface area contributed by atoms with Gasteiger partial charge in [0.25, 0.3) is 0 Å². The first-order chi connectivity index (χ1) is 11.0. The molecule has 3 rings (SSSR count). The van der Waals surface area contributed by atoms with Crippen molar-refractivity contribution >= 4 is 16.9 Å². The Kier molecular flexibility index (Phi) is 3.90. The van der Waals surface area contributed by atoms with Crippen LogP contribution in [0.25, 0.3) is 11.0 Å². The van der Waals surface area contributed by atoms with Crippen molar-refractivity contribution in [1.82, 2.24) is 19.7 Å². The lowest BCUT2D eigenvalue weighted by Gasteiger charge is -2.27. The summed E-state index contributed by atoms with van der Waals surface area (Å²) in [5, 5.41) is 8.69. The van der Waals surface area contributed by atoms with Crippen molar-refractivity contribution in [2.75, 3.05) is 12.4 Å². The molecule has 0 aliphatic rings. The van der Waals surface area contributed by atoms with E-state index < -0.39 is 0 Å². The van der Waals surface area contributed by atoms with Crippen molar-refractivity contribution < 1.29 is 4.74 Å². The maximum atomic E-state index is 5.20. The Labute approximate surface area is 135 Å². The molecule has 1 aromatic carbocycles. The monoisotopic (exact) mass is 311 g/mol. The van der Waals surface area contributed by atoms with Crippen molar-refractivity contribution in [2.24, 2.45) is 7.05 Å². The first-order valence-electron chi connectivity index (χ1n) is 7.52. The van der Waals surface area contributed by atoms with Gasteiger partial charge in [-0.1, -0.05) is 12.1 Å². The zero-order valence-electron chi connectivity index (χ0n) is 13.9. The number of fused-ring (bicyclic) bond motifs is 1. The summed E-state index contributed by atoms with van der Waals surface area (Å²) in [7, 11) is 3.55. The Hall–Kier alpha value is -2.63. The number of hydrogen-bond donors (Lipinski definition) is 1. The number of nitrogens with one attached hydrogen (secondary N) is 1. The van der Waals surface area contributed by atoms with Crippen LogP contribution >= 0.6 is 0 Å². The van der Waals surface area contributed by atoms with Gasteiger partial charge in [0, 0.05) is 12.6 Å². The summed E-state index contributed by atoms with van der Waals surface area (Å²) in [6, 6.07) is 8.13. The third kappa shape index (κ3) is 3.26. The van der Waals surface area contributed by atoms with E-state index in [4.69, 9.17) is 4.74 Å². The lowest BCUT2D eigenvalue weighted by molar-refractivity contribution is 0.414. The quantitative estimate of drug-likeness (QED) is 0.785. The molecular weight excluding hydrogens is 290 g/mol. The molecule has 2 heterocycles. The minimum absolute atomic E-state index is 0.161. The van der Waals surface area contributed by atoms with E-state index in [0.717, 1.165) is 29.0 Å². The van der Waals surface area contributed by atoms with E-state index in [1.807, 2.05) is 19.2 Å². The number of anilines is 1. The zero-order valence-corrected chi connectivity index (χ0v) is 13.9. The Morgan fingerprint density at radius 2 is 1.91 bits per heavy atom. The van der Waals surface area contributed by atoms with Gasteiger partial charge in [-0.15, -0.1) is 0 Å². The summed E-state index contributed by atoms with van der Waals surface area (Å²) in [5.74, 6) is 1.67. The van der Waals surface area contributed by atoms with Crippen molar-refractivity contribution in [1.29, 1.82) is 0 Å². The van der Waals surface area contributed by atoms with Gasteiger partial charge in [-0.25, -0.2) is 9.97 Å². The Balaban J connectivity index is 1.81. The van der Waals surface area contributed by atoms with Gasteiger partial charge in [-0.2, -0.15) is 5.10 Å². The van der Waals surface area contributed by atoms with Gasteiger partial charge >= 0.3 is 0 Å². The number of aromatic nitrogens is 4. The molecule has 0 bridgehead atoms. The fourth-order valence-electron chi connectivity index (χ4n) is 2.68. The molecule has 3 aromatic rings. The Morgan fingerprint density at radius 3 is 2.61 bits per heavy atom. The van der Waals surface area contributed by atoms with Crippen LogP contribution in [0.5, 0.6) is 5.75 Å². The number of benzene rings is 1. The van der Waals surface area contributed by atoms with Crippen LogP contribution in [-0.2, 0) is 13.5 Å². The molecule has 2 aromatic heterocycles. The fourth-order valence-corrected chi connectivity index (χ4v) is 2.68. The lowest BCUT2D eigenvalue weighted by Crippen LogP contribution is -2.34. The average molecular weight is 311 g/mol. The standard InChI is InChI=1S/C17H21N5O/c1-17(2,9-12-5-7-13(23-4)8-6-12)21-15-14-10-20-22(3)16(14)19-11-18-15/h5-8,10-11H,9H2,1-4H3,(H,18,19,21). The Morgan fingerprint density at radius 1 is 1.17 bits per heavy atom. The van der Waals surface area contributed by atoms with Gasteiger partial charge in [0.05, 0.1) is 18.7 Å². The number of methoxy groups -OCH3 is 1. The van der Waals surface area contributed by atoms with Crippen LogP contribution in [0.1, 0.15) is 19.4 Å². The van der Waals surface area contributed by atoms with Crippen molar-refractivity contribution in [3.8, 4) is 5.75 Å². The third-order valence-electron chi connectivity index (χ3n) is 3.79. The van der Waals surface area contributed by atoms with Crippen LogP contribution < -0.4 is 10.1 Å². The van der Waals surface area contributed by atoms with Gasteiger partial charge in [0.2, 0.25) is 0 Å². The highest BCUT2D eigenvalue weighted by atomic mass is 16.5. The zero-order chi connectivity index (χ0) is 16.4. The minimum atomic E-state index is -0.161. The number of ether oxygens (including phenoxy) is 1. The molecule has 0 atom stereocenters. The van der Waals surface area contributed by atoms with Crippen molar-refractivity contribution in [2.45, 2.75) is 25.8 Å². The normalized spacial score (nSPS) is 11.7. The molecule has 0 spiro atoms. The third-order valence-corrected chi connectivity index (χ3v) is 3.79. The van der Waals surface area contributed by atoms with Crippen LogP contribution in [0.2, 0.25) is 0 Å². The van der Waals surface area contributed by atoms with Crippen LogP contribution in [0.15, 0.2) is 36.8 Å². The highest BCUT2D eigenvalue weighted by Gasteiger charge is 2.21. The largest absolute Gasteiger partial charge is 0.497 e. The average Bonchev–Trinajstić information content (AvgIpc) is 2.90. The van der Waals surface area contributed by atoms with E-state index in [0.29, 0.717) is 0 Å². The maximum absolute atomic E-state index is 5.20. The summed E-state index contributed by atoms with van der Waals surface area (Å²) in [6.07, 6.45) is 4.22. The molecule has 0 saturated carbocycles. The molecule has 0 amide bonds. The summed E-state index contributed by atoms with van der Waals surface area (Å²) < 4.78 is 6.95. The molecule has 120 valence electrons. The van der Waals surface area contributed by atoms with Crippen LogP contribution in [-0.4, -0.2) is 32.4 Å².